The van der Waals surface area contributed by atoms with Crippen molar-refractivity contribution in [2.24, 2.45) is 0 Å². The van der Waals surface area contributed by atoms with Crippen LogP contribution in [0.3, 0.4) is 0 Å². The van der Waals surface area contributed by atoms with Crippen LogP contribution in [0.5, 0.6) is 0 Å². The van der Waals surface area contributed by atoms with Crippen molar-refractivity contribution in [2.75, 3.05) is 30.3 Å². The molecule has 0 spiro atoms. The van der Waals surface area contributed by atoms with Crippen LogP contribution in [0.2, 0.25) is 0 Å². The lowest BCUT2D eigenvalue weighted by Crippen LogP contribution is -2.38. The third-order valence-corrected chi connectivity index (χ3v) is 4.69. The second-order valence-corrected chi connectivity index (χ2v) is 6.85. The lowest BCUT2D eigenvalue weighted by Gasteiger charge is -2.30. The van der Waals surface area contributed by atoms with Crippen LogP contribution < -0.4 is 10.6 Å². The fraction of sp³-hybridized carbons (Fsp3) is 0.474. The number of likely N-dealkylation sites (tertiary alicyclic amines) is 1. The third-order valence-electron chi connectivity index (χ3n) is 4.69. The SMILES string of the molecule is CCc1nc(C2CCN(CC(=O)Nc3ccc(NC(C)=O)cc3)CC2)n[nH]1. The Morgan fingerprint density at radius 1 is 1.15 bits per heavy atom. The molecule has 0 aliphatic carbocycles. The average Bonchev–Trinajstić information content (AvgIpc) is 3.13. The van der Waals surface area contributed by atoms with Crippen molar-refractivity contribution >= 4 is 23.2 Å². The predicted molar refractivity (Wildman–Crippen MR) is 104 cm³/mol. The Kier molecular flexibility index (Phi) is 6.18. The summed E-state index contributed by atoms with van der Waals surface area (Å²) in [5.74, 6) is 2.03. The number of hydrogen-bond donors (Lipinski definition) is 3. The first-order valence-corrected chi connectivity index (χ1v) is 9.34. The maximum atomic E-state index is 12.3. The van der Waals surface area contributed by atoms with Crippen molar-refractivity contribution in [3.63, 3.8) is 0 Å². The first-order chi connectivity index (χ1) is 13.0. The van der Waals surface area contributed by atoms with Crippen LogP contribution in [0.15, 0.2) is 24.3 Å². The van der Waals surface area contributed by atoms with E-state index in [-0.39, 0.29) is 11.8 Å². The molecule has 1 aliphatic rings. The van der Waals surface area contributed by atoms with Crippen molar-refractivity contribution in [1.29, 1.82) is 0 Å². The Hall–Kier alpha value is -2.74. The number of aryl methyl sites for hydroxylation is 1. The number of aromatic amines is 1. The van der Waals surface area contributed by atoms with E-state index in [0.29, 0.717) is 18.2 Å². The van der Waals surface area contributed by atoms with E-state index in [1.807, 2.05) is 0 Å². The zero-order chi connectivity index (χ0) is 19.2. The van der Waals surface area contributed by atoms with Gasteiger partial charge in [0, 0.05) is 30.6 Å². The van der Waals surface area contributed by atoms with Gasteiger partial charge >= 0.3 is 0 Å². The number of anilines is 2. The van der Waals surface area contributed by atoms with Gasteiger partial charge in [-0.1, -0.05) is 6.92 Å². The molecule has 3 rings (SSSR count). The topological polar surface area (TPSA) is 103 Å². The van der Waals surface area contributed by atoms with Crippen molar-refractivity contribution in [3.05, 3.63) is 35.9 Å². The maximum absolute atomic E-state index is 12.3. The van der Waals surface area contributed by atoms with Crippen LogP contribution in [0, 0.1) is 0 Å². The molecule has 8 heteroatoms. The number of rotatable bonds is 6. The van der Waals surface area contributed by atoms with E-state index in [1.54, 1.807) is 24.3 Å². The normalized spacial score (nSPS) is 15.5. The minimum Gasteiger partial charge on any atom is -0.326 e. The van der Waals surface area contributed by atoms with Crippen LogP contribution >= 0.6 is 0 Å². The summed E-state index contributed by atoms with van der Waals surface area (Å²) < 4.78 is 0. The summed E-state index contributed by atoms with van der Waals surface area (Å²) in [6.45, 7) is 5.60. The predicted octanol–water partition coefficient (Wildman–Crippen LogP) is 2.14. The Bertz CT molecular complexity index is 778. The minimum atomic E-state index is -0.119. The first kappa shape index (κ1) is 19.0. The lowest BCUT2D eigenvalue weighted by molar-refractivity contribution is -0.117. The van der Waals surface area contributed by atoms with Crippen LogP contribution in [-0.4, -0.2) is 51.5 Å². The number of carbonyl (C=O) groups is 2. The van der Waals surface area contributed by atoms with Gasteiger partial charge in [0.25, 0.3) is 0 Å². The van der Waals surface area contributed by atoms with Crippen molar-refractivity contribution < 1.29 is 9.59 Å². The van der Waals surface area contributed by atoms with E-state index in [2.05, 4.69) is 37.6 Å². The summed E-state index contributed by atoms with van der Waals surface area (Å²) in [4.78, 5) is 30.0. The molecule has 1 fully saturated rings. The molecule has 27 heavy (non-hydrogen) atoms. The molecule has 0 bridgehead atoms. The second kappa shape index (κ2) is 8.77. The summed E-state index contributed by atoms with van der Waals surface area (Å²) >= 11 is 0. The molecule has 8 nitrogen and oxygen atoms in total. The van der Waals surface area contributed by atoms with Crippen LogP contribution in [0.1, 0.15) is 44.3 Å². The van der Waals surface area contributed by atoms with Crippen LogP contribution in [-0.2, 0) is 16.0 Å². The summed E-state index contributed by atoms with van der Waals surface area (Å²) in [6, 6.07) is 7.10. The van der Waals surface area contributed by atoms with Gasteiger partial charge in [-0.05, 0) is 50.2 Å². The quantitative estimate of drug-likeness (QED) is 0.723. The molecule has 1 saturated heterocycles. The second-order valence-electron chi connectivity index (χ2n) is 6.85. The molecule has 1 aliphatic heterocycles. The monoisotopic (exact) mass is 370 g/mol. The van der Waals surface area contributed by atoms with E-state index >= 15 is 0 Å². The highest BCUT2D eigenvalue weighted by molar-refractivity contribution is 5.93. The number of hydrogen-bond acceptors (Lipinski definition) is 5. The molecular weight excluding hydrogens is 344 g/mol. The Labute approximate surface area is 158 Å². The molecule has 1 aromatic heterocycles. The molecule has 0 atom stereocenters. The van der Waals surface area contributed by atoms with Gasteiger partial charge < -0.3 is 10.6 Å². The largest absolute Gasteiger partial charge is 0.326 e. The number of piperidine rings is 1. The highest BCUT2D eigenvalue weighted by atomic mass is 16.2. The Morgan fingerprint density at radius 3 is 2.33 bits per heavy atom. The first-order valence-electron chi connectivity index (χ1n) is 9.34. The molecule has 0 unspecified atom stereocenters. The van der Waals surface area contributed by atoms with Gasteiger partial charge in [-0.25, -0.2) is 4.98 Å². The van der Waals surface area contributed by atoms with E-state index in [1.165, 1.54) is 6.92 Å². The van der Waals surface area contributed by atoms with E-state index in [0.717, 1.165) is 49.7 Å². The van der Waals surface area contributed by atoms with Crippen LogP contribution in [0.25, 0.3) is 0 Å². The van der Waals surface area contributed by atoms with Gasteiger partial charge in [-0.3, -0.25) is 19.6 Å². The van der Waals surface area contributed by atoms with Gasteiger partial charge in [-0.15, -0.1) is 0 Å². The Morgan fingerprint density at radius 2 is 1.78 bits per heavy atom. The number of aromatic nitrogens is 3. The van der Waals surface area contributed by atoms with Crippen molar-refractivity contribution in [2.45, 2.75) is 39.0 Å². The summed E-state index contributed by atoms with van der Waals surface area (Å²) in [6.07, 6.45) is 2.78. The molecule has 2 aromatic rings. The highest BCUT2D eigenvalue weighted by Gasteiger charge is 2.24. The fourth-order valence-corrected chi connectivity index (χ4v) is 3.24. The fourth-order valence-electron chi connectivity index (χ4n) is 3.24. The smallest absolute Gasteiger partial charge is 0.238 e. The number of nitrogens with zero attached hydrogens (tertiary/aromatic N) is 3. The summed E-state index contributed by atoms with van der Waals surface area (Å²) in [7, 11) is 0. The summed E-state index contributed by atoms with van der Waals surface area (Å²) in [5.41, 5.74) is 1.43. The molecule has 3 N–H and O–H groups in total. The molecule has 0 saturated carbocycles. The number of carbonyl (C=O) groups excluding carboxylic acids is 2. The third kappa shape index (κ3) is 5.37. The standard InChI is InChI=1S/C19H26N6O2/c1-3-17-22-19(24-23-17)14-8-10-25(11-9-14)12-18(27)21-16-6-4-15(5-7-16)20-13(2)26/h4-7,14H,3,8-12H2,1-2H3,(H,20,26)(H,21,27)(H,22,23,24). The maximum Gasteiger partial charge on any atom is 0.238 e. The molecular formula is C19H26N6O2. The molecule has 0 radical (unpaired) electrons. The van der Waals surface area contributed by atoms with Gasteiger partial charge in [0.05, 0.1) is 6.54 Å². The van der Waals surface area contributed by atoms with E-state index in [4.69, 9.17) is 0 Å². The molecule has 2 amide bonds. The Balaban J connectivity index is 1.44. The number of nitrogens with one attached hydrogen (secondary N) is 3. The van der Waals surface area contributed by atoms with Gasteiger partial charge in [0.2, 0.25) is 11.8 Å². The lowest BCUT2D eigenvalue weighted by atomic mass is 9.96. The van der Waals surface area contributed by atoms with Gasteiger partial charge in [-0.2, -0.15) is 5.10 Å². The van der Waals surface area contributed by atoms with Crippen molar-refractivity contribution in [1.82, 2.24) is 20.1 Å². The van der Waals surface area contributed by atoms with Crippen molar-refractivity contribution in [3.8, 4) is 0 Å². The molecule has 144 valence electrons. The van der Waals surface area contributed by atoms with E-state index in [9.17, 15) is 9.59 Å². The number of amides is 2. The summed E-state index contributed by atoms with van der Waals surface area (Å²) in [5, 5.41) is 12.9. The minimum absolute atomic E-state index is 0.0353. The van der Waals surface area contributed by atoms with Gasteiger partial charge in [0.15, 0.2) is 5.82 Å². The average molecular weight is 370 g/mol. The number of benzene rings is 1. The van der Waals surface area contributed by atoms with E-state index < -0.39 is 0 Å². The zero-order valence-electron chi connectivity index (χ0n) is 15.8. The highest BCUT2D eigenvalue weighted by Crippen LogP contribution is 2.25. The van der Waals surface area contributed by atoms with Crippen LogP contribution in [0.4, 0.5) is 11.4 Å². The molecule has 1 aromatic carbocycles. The molecule has 2 heterocycles. The number of H-pyrrole nitrogens is 1. The van der Waals surface area contributed by atoms with Gasteiger partial charge in [0.1, 0.15) is 5.82 Å². The zero-order valence-corrected chi connectivity index (χ0v) is 15.8.